The molecule has 2 aromatic rings. The minimum atomic E-state index is -1.05. The van der Waals surface area contributed by atoms with Gasteiger partial charge in [-0.15, -0.1) is 0 Å². The summed E-state index contributed by atoms with van der Waals surface area (Å²) in [4.78, 5) is 14.2. The van der Waals surface area contributed by atoms with Crippen molar-refractivity contribution in [3.8, 4) is 0 Å². The van der Waals surface area contributed by atoms with Crippen molar-refractivity contribution < 1.29 is 13.6 Å². The molecule has 0 aromatic heterocycles. The Morgan fingerprint density at radius 3 is 2.33 bits per heavy atom. The molecule has 0 spiro atoms. The van der Waals surface area contributed by atoms with E-state index in [1.165, 1.54) is 23.3 Å². The van der Waals surface area contributed by atoms with Gasteiger partial charge >= 0.3 is 0 Å². The van der Waals surface area contributed by atoms with Crippen molar-refractivity contribution in [1.82, 2.24) is 4.90 Å². The molecule has 0 unspecified atom stereocenters. The minimum Gasteiger partial charge on any atom is -0.294 e. The van der Waals surface area contributed by atoms with Crippen LogP contribution in [0.3, 0.4) is 0 Å². The topological polar surface area (TPSA) is 20.3 Å². The van der Waals surface area contributed by atoms with Crippen LogP contribution >= 0.6 is 0 Å². The molecule has 0 saturated carbocycles. The Kier molecular flexibility index (Phi) is 3.80. The van der Waals surface area contributed by atoms with Crippen LogP contribution in [0.2, 0.25) is 0 Å². The van der Waals surface area contributed by atoms with Crippen LogP contribution in [-0.4, -0.2) is 17.2 Å². The zero-order valence-electron chi connectivity index (χ0n) is 11.5. The second-order valence-corrected chi connectivity index (χ2v) is 5.25. The Bertz CT molecular complexity index is 659. The summed E-state index contributed by atoms with van der Waals surface area (Å²) in [5.74, 6) is -2.38. The largest absolute Gasteiger partial charge is 0.294 e. The second kappa shape index (κ2) is 5.74. The van der Waals surface area contributed by atoms with Crippen LogP contribution < -0.4 is 0 Å². The molecule has 2 aromatic carbocycles. The predicted octanol–water partition coefficient (Wildman–Crippen LogP) is 3.55. The quantitative estimate of drug-likeness (QED) is 0.801. The lowest BCUT2D eigenvalue weighted by atomic mass is 10.1. The van der Waals surface area contributed by atoms with Crippen molar-refractivity contribution in [2.24, 2.45) is 0 Å². The number of Topliss-reactive ketones (excluding diaryl/α,β-unsaturated/α-hetero) is 1. The molecule has 2 nitrogen and oxygen atoms in total. The van der Waals surface area contributed by atoms with Crippen molar-refractivity contribution in [1.29, 1.82) is 0 Å². The standard InChI is InChI=1S/C17H15F2NO/c18-15-7-3-6-14(17(15)19)16(21)8-9-20-10-12-4-1-2-5-13(12)11-20/h1-7H,8-11H2. The molecule has 3 rings (SSSR count). The SMILES string of the molecule is O=C(CCN1Cc2ccccc2C1)c1cccc(F)c1F. The van der Waals surface area contributed by atoms with Crippen LogP contribution in [0.5, 0.6) is 0 Å². The predicted molar refractivity (Wildman–Crippen MR) is 75.9 cm³/mol. The molecule has 0 fully saturated rings. The van der Waals surface area contributed by atoms with Gasteiger partial charge in [0.25, 0.3) is 0 Å². The highest BCUT2D eigenvalue weighted by molar-refractivity contribution is 5.96. The fourth-order valence-electron chi connectivity index (χ4n) is 2.68. The molecule has 4 heteroatoms. The lowest BCUT2D eigenvalue weighted by Crippen LogP contribution is -2.20. The lowest BCUT2D eigenvalue weighted by molar-refractivity contribution is 0.0958. The smallest absolute Gasteiger partial charge is 0.169 e. The van der Waals surface area contributed by atoms with E-state index < -0.39 is 11.6 Å². The number of hydrogen-bond donors (Lipinski definition) is 0. The second-order valence-electron chi connectivity index (χ2n) is 5.25. The average molecular weight is 287 g/mol. The Morgan fingerprint density at radius 1 is 1.00 bits per heavy atom. The van der Waals surface area contributed by atoms with Gasteiger partial charge in [-0.25, -0.2) is 8.78 Å². The number of ketones is 1. The molecule has 1 aliphatic heterocycles. The molecule has 0 N–H and O–H groups in total. The molecule has 0 bridgehead atoms. The molecule has 1 aliphatic rings. The monoisotopic (exact) mass is 287 g/mol. The molecular weight excluding hydrogens is 272 g/mol. The number of nitrogens with zero attached hydrogens (tertiary/aromatic N) is 1. The third-order valence-electron chi connectivity index (χ3n) is 3.81. The van der Waals surface area contributed by atoms with Gasteiger partial charge in [0.1, 0.15) is 0 Å². The van der Waals surface area contributed by atoms with Crippen LogP contribution in [0.4, 0.5) is 8.78 Å². The fourth-order valence-corrected chi connectivity index (χ4v) is 2.68. The van der Waals surface area contributed by atoms with Crippen LogP contribution in [-0.2, 0) is 13.1 Å². The zero-order chi connectivity index (χ0) is 14.8. The first-order valence-corrected chi connectivity index (χ1v) is 6.91. The molecule has 108 valence electrons. The number of halogens is 2. The van der Waals surface area contributed by atoms with Gasteiger partial charge in [0, 0.05) is 26.1 Å². The summed E-state index contributed by atoms with van der Waals surface area (Å²) in [5.41, 5.74) is 2.37. The van der Waals surface area contributed by atoms with Crippen molar-refractivity contribution in [3.63, 3.8) is 0 Å². The first-order valence-electron chi connectivity index (χ1n) is 6.91. The molecule has 0 radical (unpaired) electrons. The van der Waals surface area contributed by atoms with E-state index in [4.69, 9.17) is 0 Å². The van der Waals surface area contributed by atoms with E-state index in [1.54, 1.807) is 0 Å². The van der Waals surface area contributed by atoms with Crippen LogP contribution in [0.15, 0.2) is 42.5 Å². The Hall–Kier alpha value is -2.07. The van der Waals surface area contributed by atoms with E-state index in [0.29, 0.717) is 6.54 Å². The minimum absolute atomic E-state index is 0.160. The van der Waals surface area contributed by atoms with Crippen LogP contribution in [0, 0.1) is 11.6 Å². The summed E-state index contributed by atoms with van der Waals surface area (Å²) < 4.78 is 26.7. The first-order chi connectivity index (χ1) is 10.1. The Balaban J connectivity index is 1.62. The zero-order valence-corrected chi connectivity index (χ0v) is 11.5. The van der Waals surface area contributed by atoms with Crippen molar-refractivity contribution in [2.45, 2.75) is 19.5 Å². The van der Waals surface area contributed by atoms with Gasteiger partial charge in [-0.3, -0.25) is 9.69 Å². The van der Waals surface area contributed by atoms with E-state index in [1.807, 2.05) is 12.1 Å². The highest BCUT2D eigenvalue weighted by atomic mass is 19.2. The van der Waals surface area contributed by atoms with Gasteiger partial charge in [-0.2, -0.15) is 0 Å². The van der Waals surface area contributed by atoms with Crippen molar-refractivity contribution in [2.75, 3.05) is 6.54 Å². The summed E-state index contributed by atoms with van der Waals surface area (Å²) in [6.45, 7) is 2.15. The van der Waals surface area contributed by atoms with Gasteiger partial charge in [0.05, 0.1) is 5.56 Å². The normalized spacial score (nSPS) is 14.2. The molecule has 21 heavy (non-hydrogen) atoms. The number of rotatable bonds is 4. The maximum atomic E-state index is 13.6. The molecule has 0 aliphatic carbocycles. The van der Waals surface area contributed by atoms with E-state index in [2.05, 4.69) is 17.0 Å². The van der Waals surface area contributed by atoms with Crippen LogP contribution in [0.25, 0.3) is 0 Å². The van der Waals surface area contributed by atoms with E-state index >= 15 is 0 Å². The van der Waals surface area contributed by atoms with E-state index in [-0.39, 0.29) is 17.8 Å². The van der Waals surface area contributed by atoms with Crippen molar-refractivity contribution >= 4 is 5.78 Å². The number of fused-ring (bicyclic) bond motifs is 1. The van der Waals surface area contributed by atoms with Gasteiger partial charge in [0.2, 0.25) is 0 Å². The first kappa shape index (κ1) is 13.9. The van der Waals surface area contributed by atoms with Gasteiger partial charge in [0.15, 0.2) is 17.4 Å². The van der Waals surface area contributed by atoms with Crippen LogP contribution in [0.1, 0.15) is 27.9 Å². The van der Waals surface area contributed by atoms with Gasteiger partial charge in [-0.1, -0.05) is 30.3 Å². The number of carbonyl (C=O) groups excluding carboxylic acids is 1. The molecule has 0 atom stereocenters. The summed E-state index contributed by atoms with van der Waals surface area (Å²) in [5, 5.41) is 0. The molecule has 0 amide bonds. The summed E-state index contributed by atoms with van der Waals surface area (Å²) >= 11 is 0. The highest BCUT2D eigenvalue weighted by Gasteiger charge is 2.20. The summed E-state index contributed by atoms with van der Waals surface area (Å²) in [7, 11) is 0. The molecule has 0 saturated heterocycles. The summed E-state index contributed by atoms with van der Waals surface area (Å²) in [6.07, 6.45) is 0.189. The third-order valence-corrected chi connectivity index (χ3v) is 3.81. The van der Waals surface area contributed by atoms with E-state index in [0.717, 1.165) is 19.2 Å². The van der Waals surface area contributed by atoms with Gasteiger partial charge < -0.3 is 0 Å². The fraction of sp³-hybridized carbons (Fsp3) is 0.235. The van der Waals surface area contributed by atoms with Crippen molar-refractivity contribution in [3.05, 3.63) is 70.8 Å². The Morgan fingerprint density at radius 2 is 1.67 bits per heavy atom. The average Bonchev–Trinajstić information content (AvgIpc) is 2.90. The number of carbonyl (C=O) groups is 1. The number of hydrogen-bond acceptors (Lipinski definition) is 2. The third kappa shape index (κ3) is 2.85. The highest BCUT2D eigenvalue weighted by Crippen LogP contribution is 2.22. The number of benzene rings is 2. The maximum Gasteiger partial charge on any atom is 0.169 e. The van der Waals surface area contributed by atoms with E-state index in [9.17, 15) is 13.6 Å². The molecular formula is C17H15F2NO. The maximum absolute atomic E-state index is 13.6. The summed E-state index contributed by atoms with van der Waals surface area (Å²) in [6, 6.07) is 11.8. The van der Waals surface area contributed by atoms with Gasteiger partial charge in [-0.05, 0) is 23.3 Å². The Labute approximate surface area is 122 Å². The molecule has 1 heterocycles. The lowest BCUT2D eigenvalue weighted by Gasteiger charge is -2.14.